The predicted molar refractivity (Wildman–Crippen MR) is 87.0 cm³/mol. The van der Waals surface area contributed by atoms with Crippen LogP contribution < -0.4 is 15.5 Å². The van der Waals surface area contributed by atoms with Crippen molar-refractivity contribution >= 4 is 11.7 Å². The van der Waals surface area contributed by atoms with Gasteiger partial charge in [0, 0.05) is 31.4 Å². The van der Waals surface area contributed by atoms with Gasteiger partial charge in [0.15, 0.2) is 0 Å². The third kappa shape index (κ3) is 3.71. The number of benzene rings is 1. The second-order valence-electron chi connectivity index (χ2n) is 6.53. The molecule has 2 amide bonds. The largest absolute Gasteiger partial charge is 0.388 e. The SMILES string of the molecule is O=C(NCC1(O)CCC1)NC1CCCN(c2ccccc2)C1. The number of amides is 2. The second-order valence-corrected chi connectivity index (χ2v) is 6.53. The van der Waals surface area contributed by atoms with E-state index in [1.54, 1.807) is 0 Å². The van der Waals surface area contributed by atoms with Crippen LogP contribution in [0.2, 0.25) is 0 Å². The van der Waals surface area contributed by atoms with Gasteiger partial charge < -0.3 is 20.6 Å². The van der Waals surface area contributed by atoms with Crippen LogP contribution in [0.25, 0.3) is 0 Å². The first-order valence-electron chi connectivity index (χ1n) is 8.21. The third-order valence-corrected chi connectivity index (χ3v) is 4.74. The molecule has 1 aliphatic carbocycles. The molecule has 0 bridgehead atoms. The molecule has 3 rings (SSSR count). The molecule has 3 N–H and O–H groups in total. The summed E-state index contributed by atoms with van der Waals surface area (Å²) in [5, 5.41) is 15.8. The van der Waals surface area contributed by atoms with Crippen LogP contribution in [0.15, 0.2) is 30.3 Å². The molecule has 22 heavy (non-hydrogen) atoms. The molecule has 0 aromatic heterocycles. The number of carbonyl (C=O) groups excluding carboxylic acids is 1. The summed E-state index contributed by atoms with van der Waals surface area (Å²) in [4.78, 5) is 14.3. The standard InChI is InChI=1S/C17H25N3O2/c21-16(18-13-17(22)9-5-10-17)19-14-6-4-11-20(12-14)15-7-2-1-3-8-15/h1-3,7-8,14,22H,4-6,9-13H2,(H2,18,19,21). The van der Waals surface area contributed by atoms with Crippen molar-refractivity contribution in [1.82, 2.24) is 10.6 Å². The number of carbonyl (C=O) groups is 1. The zero-order valence-electron chi connectivity index (χ0n) is 12.9. The van der Waals surface area contributed by atoms with Crippen molar-refractivity contribution in [2.45, 2.75) is 43.7 Å². The number of para-hydroxylation sites is 1. The lowest BCUT2D eigenvalue weighted by Gasteiger charge is -2.37. The maximum absolute atomic E-state index is 12.0. The Hall–Kier alpha value is -1.75. The highest BCUT2D eigenvalue weighted by atomic mass is 16.3. The Morgan fingerprint density at radius 1 is 1.27 bits per heavy atom. The summed E-state index contributed by atoms with van der Waals surface area (Å²) in [5.74, 6) is 0. The van der Waals surface area contributed by atoms with E-state index in [0.29, 0.717) is 6.54 Å². The van der Waals surface area contributed by atoms with E-state index in [-0.39, 0.29) is 12.1 Å². The Labute approximate surface area is 131 Å². The molecule has 120 valence electrons. The van der Waals surface area contributed by atoms with Gasteiger partial charge in [0.25, 0.3) is 0 Å². The van der Waals surface area contributed by atoms with Crippen LogP contribution in [0.3, 0.4) is 0 Å². The van der Waals surface area contributed by atoms with Gasteiger partial charge in [-0.15, -0.1) is 0 Å². The van der Waals surface area contributed by atoms with Crippen molar-refractivity contribution in [1.29, 1.82) is 0 Å². The zero-order chi connectivity index (χ0) is 15.4. The molecule has 2 aliphatic rings. The zero-order valence-corrected chi connectivity index (χ0v) is 12.9. The molecular weight excluding hydrogens is 278 g/mol. The van der Waals surface area contributed by atoms with Crippen molar-refractivity contribution in [2.24, 2.45) is 0 Å². The van der Waals surface area contributed by atoms with Gasteiger partial charge in [0.1, 0.15) is 0 Å². The molecule has 2 fully saturated rings. The molecule has 5 heteroatoms. The minimum absolute atomic E-state index is 0.157. The molecule has 1 atom stereocenters. The number of aliphatic hydroxyl groups is 1. The average Bonchev–Trinajstić information content (AvgIpc) is 2.52. The van der Waals surface area contributed by atoms with Gasteiger partial charge in [0.2, 0.25) is 0 Å². The summed E-state index contributed by atoms with van der Waals surface area (Å²) in [7, 11) is 0. The van der Waals surface area contributed by atoms with Crippen LogP contribution in [0, 0.1) is 0 Å². The van der Waals surface area contributed by atoms with E-state index in [4.69, 9.17) is 0 Å². The van der Waals surface area contributed by atoms with Gasteiger partial charge in [0.05, 0.1) is 5.60 Å². The minimum Gasteiger partial charge on any atom is -0.388 e. The minimum atomic E-state index is -0.667. The lowest BCUT2D eigenvalue weighted by atomic mass is 9.80. The summed E-state index contributed by atoms with van der Waals surface area (Å²) < 4.78 is 0. The molecule has 0 spiro atoms. The predicted octanol–water partition coefficient (Wildman–Crippen LogP) is 1.87. The van der Waals surface area contributed by atoms with Gasteiger partial charge in [-0.25, -0.2) is 4.79 Å². The van der Waals surface area contributed by atoms with Crippen molar-refractivity contribution in [3.63, 3.8) is 0 Å². The first-order chi connectivity index (χ1) is 10.6. The number of hydrogen-bond acceptors (Lipinski definition) is 3. The summed E-state index contributed by atoms with van der Waals surface area (Å²) in [6.45, 7) is 2.22. The molecule has 1 aromatic rings. The van der Waals surface area contributed by atoms with Gasteiger partial charge in [-0.3, -0.25) is 0 Å². The van der Waals surface area contributed by atoms with Gasteiger partial charge >= 0.3 is 6.03 Å². The monoisotopic (exact) mass is 303 g/mol. The fourth-order valence-corrected chi connectivity index (χ4v) is 3.21. The number of hydrogen-bond donors (Lipinski definition) is 3. The first-order valence-corrected chi connectivity index (χ1v) is 8.21. The van der Waals surface area contributed by atoms with E-state index in [0.717, 1.165) is 45.2 Å². The Kier molecular flexibility index (Phi) is 4.52. The molecular formula is C17H25N3O2. The first kappa shape index (κ1) is 15.2. The molecule has 0 radical (unpaired) electrons. The quantitative estimate of drug-likeness (QED) is 0.795. The van der Waals surface area contributed by atoms with Gasteiger partial charge in [-0.05, 0) is 44.2 Å². The number of rotatable bonds is 4. The van der Waals surface area contributed by atoms with Crippen LogP contribution in [-0.2, 0) is 0 Å². The molecule has 1 heterocycles. The van der Waals surface area contributed by atoms with Gasteiger partial charge in [-0.2, -0.15) is 0 Å². The second kappa shape index (κ2) is 6.57. The molecule has 1 saturated heterocycles. The number of urea groups is 1. The van der Waals surface area contributed by atoms with Crippen LogP contribution >= 0.6 is 0 Å². The average molecular weight is 303 g/mol. The highest BCUT2D eigenvalue weighted by Gasteiger charge is 2.34. The van der Waals surface area contributed by atoms with Crippen molar-refractivity contribution in [3.05, 3.63) is 30.3 Å². The van der Waals surface area contributed by atoms with Crippen LogP contribution in [-0.4, -0.2) is 42.4 Å². The molecule has 1 saturated carbocycles. The number of piperidine rings is 1. The highest BCUT2D eigenvalue weighted by molar-refractivity contribution is 5.74. The highest BCUT2D eigenvalue weighted by Crippen LogP contribution is 2.30. The Morgan fingerprint density at radius 3 is 2.73 bits per heavy atom. The lowest BCUT2D eigenvalue weighted by molar-refractivity contribution is -0.0290. The summed E-state index contributed by atoms with van der Waals surface area (Å²) in [6.07, 6.45) is 4.70. The fourth-order valence-electron chi connectivity index (χ4n) is 3.21. The number of nitrogens with one attached hydrogen (secondary N) is 2. The summed E-state index contributed by atoms with van der Waals surface area (Å²) >= 11 is 0. The lowest BCUT2D eigenvalue weighted by Crippen LogP contribution is -2.54. The smallest absolute Gasteiger partial charge is 0.315 e. The van der Waals surface area contributed by atoms with Crippen LogP contribution in [0.5, 0.6) is 0 Å². The molecule has 1 aromatic carbocycles. The van der Waals surface area contributed by atoms with Crippen molar-refractivity contribution < 1.29 is 9.90 Å². The fraction of sp³-hybridized carbons (Fsp3) is 0.588. The third-order valence-electron chi connectivity index (χ3n) is 4.74. The van der Waals surface area contributed by atoms with E-state index in [1.807, 2.05) is 18.2 Å². The van der Waals surface area contributed by atoms with Crippen LogP contribution in [0.4, 0.5) is 10.5 Å². The van der Waals surface area contributed by atoms with E-state index < -0.39 is 5.60 Å². The molecule has 1 aliphatic heterocycles. The van der Waals surface area contributed by atoms with Crippen LogP contribution in [0.1, 0.15) is 32.1 Å². The van der Waals surface area contributed by atoms with E-state index in [2.05, 4.69) is 27.7 Å². The van der Waals surface area contributed by atoms with E-state index >= 15 is 0 Å². The normalized spacial score (nSPS) is 23.5. The Bertz CT molecular complexity index is 502. The maximum Gasteiger partial charge on any atom is 0.315 e. The van der Waals surface area contributed by atoms with Gasteiger partial charge in [-0.1, -0.05) is 18.2 Å². The number of anilines is 1. The van der Waals surface area contributed by atoms with E-state index in [9.17, 15) is 9.90 Å². The summed E-state index contributed by atoms with van der Waals surface area (Å²) in [6, 6.07) is 10.3. The Morgan fingerprint density at radius 2 is 2.05 bits per heavy atom. The molecule has 1 unspecified atom stereocenters. The Balaban J connectivity index is 1.46. The molecule has 5 nitrogen and oxygen atoms in total. The maximum atomic E-state index is 12.0. The van der Waals surface area contributed by atoms with Crippen molar-refractivity contribution in [3.8, 4) is 0 Å². The number of nitrogens with zero attached hydrogens (tertiary/aromatic N) is 1. The topological polar surface area (TPSA) is 64.6 Å². The summed E-state index contributed by atoms with van der Waals surface area (Å²) in [5.41, 5.74) is 0.540. The van der Waals surface area contributed by atoms with E-state index in [1.165, 1.54) is 5.69 Å². The van der Waals surface area contributed by atoms with Crippen molar-refractivity contribution in [2.75, 3.05) is 24.5 Å².